The van der Waals surface area contributed by atoms with Crippen LogP contribution in [0.3, 0.4) is 0 Å². The minimum Gasteiger partial charge on any atom is -0.300 e. The van der Waals surface area contributed by atoms with E-state index in [4.69, 9.17) is 0 Å². The van der Waals surface area contributed by atoms with Gasteiger partial charge in [-0.2, -0.15) is 0 Å². The molecule has 1 aromatic carbocycles. The molecule has 4 heteroatoms. The van der Waals surface area contributed by atoms with Crippen LogP contribution in [0.5, 0.6) is 0 Å². The van der Waals surface area contributed by atoms with Crippen LogP contribution in [0.4, 0.5) is 0 Å². The molecular formula is C16H23O3P. The minimum atomic E-state index is -0.0504. The third kappa shape index (κ3) is 7.30. The van der Waals surface area contributed by atoms with E-state index >= 15 is 0 Å². The van der Waals surface area contributed by atoms with E-state index in [0.717, 1.165) is 8.58 Å². The Morgan fingerprint density at radius 3 is 1.75 bits per heavy atom. The number of benzene rings is 1. The molecular weight excluding hydrogens is 271 g/mol. The molecule has 0 spiro atoms. The largest absolute Gasteiger partial charge is 0.300 e. The van der Waals surface area contributed by atoms with Gasteiger partial charge in [0.05, 0.1) is 6.42 Å². The number of hydrogen-bond donors (Lipinski definition) is 0. The Hall–Kier alpha value is -1.34. The topological polar surface area (TPSA) is 51.2 Å². The first-order valence-electron chi connectivity index (χ1n) is 6.71. The molecule has 0 fully saturated rings. The van der Waals surface area contributed by atoms with Crippen LogP contribution in [0.15, 0.2) is 24.3 Å². The highest BCUT2D eigenvalue weighted by molar-refractivity contribution is 7.36. The lowest BCUT2D eigenvalue weighted by atomic mass is 10.1. The molecule has 0 heterocycles. The van der Waals surface area contributed by atoms with Gasteiger partial charge in [-0.3, -0.25) is 9.59 Å². The maximum atomic E-state index is 11.1. The number of ketones is 3. The summed E-state index contributed by atoms with van der Waals surface area (Å²) in [6.45, 7) is 7.51. The maximum Gasteiger partial charge on any atom is 0.171 e. The van der Waals surface area contributed by atoms with Gasteiger partial charge in [0.2, 0.25) is 0 Å². The Morgan fingerprint density at radius 1 is 1.10 bits per heavy atom. The molecule has 0 radical (unpaired) electrons. The molecule has 0 amide bonds. The zero-order valence-corrected chi connectivity index (χ0v) is 13.7. The van der Waals surface area contributed by atoms with Crippen LogP contribution in [0, 0.1) is 0 Å². The van der Waals surface area contributed by atoms with Gasteiger partial charge in [0, 0.05) is 11.1 Å². The van der Waals surface area contributed by atoms with Crippen LogP contribution in [0.1, 0.15) is 54.3 Å². The Morgan fingerprint density at radius 2 is 1.50 bits per heavy atom. The van der Waals surface area contributed by atoms with Crippen LogP contribution < -0.4 is 0 Å². The van der Waals surface area contributed by atoms with Crippen molar-refractivity contribution in [2.45, 2.75) is 33.6 Å². The summed E-state index contributed by atoms with van der Waals surface area (Å²) in [6, 6.07) is 6.94. The normalized spacial score (nSPS) is 12.4. The Labute approximate surface area is 122 Å². The zero-order valence-electron chi connectivity index (χ0n) is 12.7. The van der Waals surface area contributed by atoms with Crippen LogP contribution >= 0.6 is 8.58 Å². The van der Waals surface area contributed by atoms with Gasteiger partial charge < -0.3 is 4.79 Å². The van der Waals surface area contributed by atoms with E-state index in [2.05, 4.69) is 13.6 Å². The van der Waals surface area contributed by atoms with Crippen molar-refractivity contribution >= 4 is 25.9 Å². The molecule has 1 aliphatic rings. The fraction of sp³-hybridized carbons (Fsp3) is 0.438. The van der Waals surface area contributed by atoms with Gasteiger partial charge in [0.1, 0.15) is 5.78 Å². The Bertz CT molecular complexity index is 428. The van der Waals surface area contributed by atoms with Crippen LogP contribution in [-0.2, 0) is 4.79 Å². The van der Waals surface area contributed by atoms with Gasteiger partial charge in [-0.1, -0.05) is 37.6 Å². The van der Waals surface area contributed by atoms with Crippen molar-refractivity contribution in [3.8, 4) is 0 Å². The van der Waals surface area contributed by atoms with Crippen LogP contribution in [0.2, 0.25) is 0 Å². The molecule has 20 heavy (non-hydrogen) atoms. The first kappa shape index (κ1) is 18.7. The second-order valence-corrected chi connectivity index (χ2v) is 5.79. The number of fused-ring (bicyclic) bond motifs is 1. The zero-order chi connectivity index (χ0) is 15.5. The van der Waals surface area contributed by atoms with Gasteiger partial charge in [-0.25, -0.2) is 0 Å². The standard InChI is InChI=1S/C9H6O2.C4H11P.C3H6O/c10-8-5-9(11)7-4-2-1-3-6(7)8;1-3-4-5-2;1-3(2)4/h1-4H,5H2;5H,3-4H2,1-2H3;1-2H3. The monoisotopic (exact) mass is 294 g/mol. The van der Waals surface area contributed by atoms with Crippen molar-refractivity contribution in [1.29, 1.82) is 0 Å². The van der Waals surface area contributed by atoms with Gasteiger partial charge in [0.15, 0.2) is 11.6 Å². The highest BCUT2D eigenvalue weighted by Crippen LogP contribution is 2.20. The molecule has 1 unspecified atom stereocenters. The molecule has 2 rings (SSSR count). The van der Waals surface area contributed by atoms with Gasteiger partial charge >= 0.3 is 0 Å². The van der Waals surface area contributed by atoms with Gasteiger partial charge in [-0.15, -0.1) is 8.58 Å². The summed E-state index contributed by atoms with van der Waals surface area (Å²) in [5.41, 5.74) is 1.16. The number of rotatable bonds is 2. The smallest absolute Gasteiger partial charge is 0.171 e. The molecule has 0 bridgehead atoms. The second kappa shape index (κ2) is 10.4. The average Bonchev–Trinajstić information content (AvgIpc) is 2.67. The number of carbonyl (C=O) groups is 3. The minimum absolute atomic E-state index is 0.0504. The summed E-state index contributed by atoms with van der Waals surface area (Å²) in [4.78, 5) is 31.6. The van der Waals surface area contributed by atoms with Crippen molar-refractivity contribution in [3.05, 3.63) is 35.4 Å². The second-order valence-electron chi connectivity index (χ2n) is 4.58. The third-order valence-electron chi connectivity index (χ3n) is 2.35. The van der Waals surface area contributed by atoms with E-state index in [1.54, 1.807) is 24.3 Å². The predicted molar refractivity (Wildman–Crippen MR) is 85.5 cm³/mol. The first-order chi connectivity index (χ1) is 9.43. The third-order valence-corrected chi connectivity index (χ3v) is 3.35. The van der Waals surface area contributed by atoms with E-state index in [1.807, 2.05) is 0 Å². The molecule has 0 saturated heterocycles. The number of carbonyl (C=O) groups excluding carboxylic acids is 3. The molecule has 1 aliphatic carbocycles. The summed E-state index contributed by atoms with van der Waals surface area (Å²) >= 11 is 0. The molecule has 0 aromatic heterocycles. The van der Waals surface area contributed by atoms with E-state index in [0.29, 0.717) is 11.1 Å². The van der Waals surface area contributed by atoms with E-state index in [-0.39, 0.29) is 23.8 Å². The lowest BCUT2D eigenvalue weighted by molar-refractivity contribution is -0.115. The molecule has 1 aromatic rings. The summed E-state index contributed by atoms with van der Waals surface area (Å²) in [7, 11) is 1.16. The molecule has 1 atom stereocenters. The summed E-state index contributed by atoms with van der Waals surface area (Å²) in [5.74, 6) is 0.0659. The van der Waals surface area contributed by atoms with Crippen LogP contribution in [0.25, 0.3) is 0 Å². The molecule has 3 nitrogen and oxygen atoms in total. The number of Topliss-reactive ketones (excluding diaryl/α,β-unsaturated/α-hetero) is 3. The molecule has 0 saturated carbocycles. The first-order valence-corrected chi connectivity index (χ1v) is 8.41. The van der Waals surface area contributed by atoms with Crippen molar-refractivity contribution in [2.24, 2.45) is 0 Å². The SMILES string of the molecule is CC(C)=O.CCCPC.O=C1CC(=O)c2ccccc21. The summed E-state index contributed by atoms with van der Waals surface area (Å²) in [5, 5.41) is 0. The van der Waals surface area contributed by atoms with Crippen molar-refractivity contribution in [2.75, 3.05) is 12.8 Å². The Kier molecular flexibility index (Phi) is 9.75. The van der Waals surface area contributed by atoms with Crippen molar-refractivity contribution < 1.29 is 14.4 Å². The summed E-state index contributed by atoms with van der Waals surface area (Å²) < 4.78 is 0. The Balaban J connectivity index is 0.000000340. The maximum absolute atomic E-state index is 11.1. The fourth-order valence-electron chi connectivity index (χ4n) is 1.56. The average molecular weight is 294 g/mol. The van der Waals surface area contributed by atoms with Crippen LogP contribution in [-0.4, -0.2) is 30.2 Å². The van der Waals surface area contributed by atoms with E-state index in [9.17, 15) is 14.4 Å². The summed E-state index contributed by atoms with van der Waals surface area (Å²) in [6.07, 6.45) is 2.83. The lowest BCUT2D eigenvalue weighted by Gasteiger charge is -1.90. The van der Waals surface area contributed by atoms with Gasteiger partial charge in [0.25, 0.3) is 0 Å². The lowest BCUT2D eigenvalue weighted by Crippen LogP contribution is -1.90. The van der Waals surface area contributed by atoms with Crippen molar-refractivity contribution in [3.63, 3.8) is 0 Å². The molecule has 110 valence electrons. The quantitative estimate of drug-likeness (QED) is 0.616. The van der Waals surface area contributed by atoms with Crippen molar-refractivity contribution in [1.82, 2.24) is 0 Å². The van der Waals surface area contributed by atoms with E-state index < -0.39 is 0 Å². The van der Waals surface area contributed by atoms with Gasteiger partial charge in [-0.05, 0) is 26.7 Å². The number of hydrogen-bond acceptors (Lipinski definition) is 3. The van der Waals surface area contributed by atoms with E-state index in [1.165, 1.54) is 26.4 Å². The fourth-order valence-corrected chi connectivity index (χ4v) is 2.06. The molecule has 0 aliphatic heterocycles. The highest BCUT2D eigenvalue weighted by Gasteiger charge is 2.25. The molecule has 0 N–H and O–H groups in total. The highest BCUT2D eigenvalue weighted by atomic mass is 31.1. The predicted octanol–water partition coefficient (Wildman–Crippen LogP) is 3.76.